The molecule has 5 nitrogen and oxygen atoms in total. The number of benzene rings is 2. The molecule has 0 fully saturated rings. The van der Waals surface area contributed by atoms with Gasteiger partial charge in [0, 0.05) is 5.69 Å². The third-order valence-corrected chi connectivity index (χ3v) is 5.43. The molecule has 0 heterocycles. The van der Waals surface area contributed by atoms with Crippen LogP contribution < -0.4 is 9.62 Å². The normalized spacial score (nSPS) is 12.7. The van der Waals surface area contributed by atoms with Crippen LogP contribution in [0.3, 0.4) is 0 Å². The summed E-state index contributed by atoms with van der Waals surface area (Å²) in [6, 6.07) is 13.8. The summed E-state index contributed by atoms with van der Waals surface area (Å²) in [5, 5.41) is 2.80. The second-order valence-corrected chi connectivity index (χ2v) is 8.70. The molecular formula is C20H26N2O3S. The van der Waals surface area contributed by atoms with Crippen molar-refractivity contribution in [2.75, 3.05) is 15.9 Å². The lowest BCUT2D eigenvalue weighted by Crippen LogP contribution is -2.45. The first-order chi connectivity index (χ1) is 12.1. The van der Waals surface area contributed by atoms with E-state index in [4.69, 9.17) is 0 Å². The predicted molar refractivity (Wildman–Crippen MR) is 107 cm³/mol. The van der Waals surface area contributed by atoms with Crippen LogP contribution in [-0.4, -0.2) is 26.6 Å². The quantitative estimate of drug-likeness (QED) is 0.833. The summed E-state index contributed by atoms with van der Waals surface area (Å²) < 4.78 is 25.8. The Morgan fingerprint density at radius 3 is 2.15 bits per heavy atom. The summed E-state index contributed by atoms with van der Waals surface area (Å²) in [5.41, 5.74) is 3.22. The van der Waals surface area contributed by atoms with Crippen LogP contribution in [0.2, 0.25) is 0 Å². The smallest absolute Gasteiger partial charge is 0.247 e. The number of sulfonamides is 1. The molecule has 1 amide bonds. The van der Waals surface area contributed by atoms with Gasteiger partial charge in [0.25, 0.3) is 0 Å². The molecule has 0 saturated carbocycles. The fourth-order valence-electron chi connectivity index (χ4n) is 2.77. The highest BCUT2D eigenvalue weighted by atomic mass is 32.2. The molecule has 0 aliphatic heterocycles. The molecule has 1 N–H and O–H groups in total. The van der Waals surface area contributed by atoms with Crippen molar-refractivity contribution in [3.05, 3.63) is 59.7 Å². The zero-order valence-corrected chi connectivity index (χ0v) is 16.7. The molecule has 2 rings (SSSR count). The maximum absolute atomic E-state index is 12.7. The van der Waals surface area contributed by atoms with E-state index in [0.29, 0.717) is 17.3 Å². The number of anilines is 2. The zero-order chi connectivity index (χ0) is 19.5. The molecule has 2 aromatic rings. The highest BCUT2D eigenvalue weighted by molar-refractivity contribution is 7.92. The monoisotopic (exact) mass is 374 g/mol. The van der Waals surface area contributed by atoms with E-state index < -0.39 is 16.1 Å². The van der Waals surface area contributed by atoms with Crippen molar-refractivity contribution in [2.45, 2.75) is 39.7 Å². The number of hydrogen-bond donors (Lipinski definition) is 1. The van der Waals surface area contributed by atoms with E-state index in [9.17, 15) is 13.2 Å². The second-order valence-electron chi connectivity index (χ2n) is 6.84. The van der Waals surface area contributed by atoms with Gasteiger partial charge in [-0.15, -0.1) is 0 Å². The summed E-state index contributed by atoms with van der Waals surface area (Å²) >= 11 is 0. The van der Waals surface area contributed by atoms with Gasteiger partial charge in [0.05, 0.1) is 11.9 Å². The highest BCUT2D eigenvalue weighted by Gasteiger charge is 2.29. The van der Waals surface area contributed by atoms with Gasteiger partial charge >= 0.3 is 0 Å². The molecule has 2 aromatic carbocycles. The third kappa shape index (κ3) is 4.85. The van der Waals surface area contributed by atoms with Crippen molar-refractivity contribution in [3.8, 4) is 0 Å². The average molecular weight is 375 g/mol. The fraction of sp³-hybridized carbons (Fsp3) is 0.350. The largest absolute Gasteiger partial charge is 0.324 e. The maximum Gasteiger partial charge on any atom is 0.247 e. The number of amides is 1. The Morgan fingerprint density at radius 2 is 1.65 bits per heavy atom. The average Bonchev–Trinajstić information content (AvgIpc) is 2.54. The number of rotatable bonds is 6. The minimum Gasteiger partial charge on any atom is -0.324 e. The number of aryl methyl sites for hydroxylation is 1. The van der Waals surface area contributed by atoms with E-state index in [-0.39, 0.29) is 5.91 Å². The molecule has 0 spiro atoms. The number of carbonyl (C=O) groups is 1. The van der Waals surface area contributed by atoms with Crippen LogP contribution >= 0.6 is 0 Å². The van der Waals surface area contributed by atoms with E-state index >= 15 is 0 Å². The van der Waals surface area contributed by atoms with Gasteiger partial charge in [-0.25, -0.2) is 8.42 Å². The molecule has 140 valence electrons. The lowest BCUT2D eigenvalue weighted by Gasteiger charge is -2.28. The standard InChI is InChI=1S/C20H26N2O3S/c1-14(2)17-9-11-18(12-10-17)21-20(23)16(4)22(26(5,24)25)19-8-6-7-15(3)13-19/h6-14,16H,1-5H3,(H,21,23)/t16-/m1/s1. The zero-order valence-electron chi connectivity index (χ0n) is 15.9. The molecule has 0 aliphatic rings. The van der Waals surface area contributed by atoms with E-state index in [2.05, 4.69) is 19.2 Å². The topological polar surface area (TPSA) is 66.5 Å². The number of nitrogens with zero attached hydrogens (tertiary/aromatic N) is 1. The summed E-state index contributed by atoms with van der Waals surface area (Å²) in [5.74, 6) is 0.0231. The van der Waals surface area contributed by atoms with Gasteiger partial charge in [-0.05, 0) is 55.2 Å². The molecule has 0 radical (unpaired) electrons. The summed E-state index contributed by atoms with van der Waals surface area (Å²) in [6.45, 7) is 7.66. The van der Waals surface area contributed by atoms with E-state index in [0.717, 1.165) is 16.1 Å². The summed E-state index contributed by atoms with van der Waals surface area (Å²) in [4.78, 5) is 12.7. The van der Waals surface area contributed by atoms with E-state index in [1.165, 1.54) is 5.56 Å². The van der Waals surface area contributed by atoms with Crippen molar-refractivity contribution < 1.29 is 13.2 Å². The Morgan fingerprint density at radius 1 is 1.04 bits per heavy atom. The van der Waals surface area contributed by atoms with Gasteiger partial charge in [0.1, 0.15) is 6.04 Å². The maximum atomic E-state index is 12.7. The Bertz CT molecular complexity index is 874. The Balaban J connectivity index is 2.25. The lowest BCUT2D eigenvalue weighted by atomic mass is 10.0. The van der Waals surface area contributed by atoms with Gasteiger partial charge in [-0.1, -0.05) is 38.1 Å². The van der Waals surface area contributed by atoms with Crippen LogP contribution in [0.4, 0.5) is 11.4 Å². The minimum absolute atomic E-state index is 0.380. The minimum atomic E-state index is -3.62. The van der Waals surface area contributed by atoms with Crippen molar-refractivity contribution >= 4 is 27.3 Å². The molecule has 0 bridgehead atoms. The van der Waals surface area contributed by atoms with E-state index in [1.54, 1.807) is 25.1 Å². The molecule has 0 unspecified atom stereocenters. The number of nitrogens with one attached hydrogen (secondary N) is 1. The summed E-state index contributed by atoms with van der Waals surface area (Å²) in [6.07, 6.45) is 1.11. The van der Waals surface area contributed by atoms with Gasteiger partial charge in [-0.2, -0.15) is 0 Å². The van der Waals surface area contributed by atoms with Crippen LogP contribution in [-0.2, 0) is 14.8 Å². The SMILES string of the molecule is Cc1cccc(N([C@H](C)C(=O)Nc2ccc(C(C)C)cc2)S(C)(=O)=O)c1. The van der Waals surface area contributed by atoms with Crippen LogP contribution in [0.25, 0.3) is 0 Å². The molecule has 1 atom stereocenters. The van der Waals surface area contributed by atoms with Crippen molar-refractivity contribution in [1.82, 2.24) is 0 Å². The van der Waals surface area contributed by atoms with Gasteiger partial charge < -0.3 is 5.32 Å². The second kappa shape index (κ2) is 7.91. The van der Waals surface area contributed by atoms with E-state index in [1.807, 2.05) is 37.3 Å². The first-order valence-electron chi connectivity index (χ1n) is 8.56. The van der Waals surface area contributed by atoms with Gasteiger partial charge in [-0.3, -0.25) is 9.10 Å². The lowest BCUT2D eigenvalue weighted by molar-refractivity contribution is -0.116. The predicted octanol–water partition coefficient (Wildman–Crippen LogP) is 3.91. The third-order valence-electron chi connectivity index (χ3n) is 4.19. The summed E-state index contributed by atoms with van der Waals surface area (Å²) in [7, 11) is -3.62. The molecule has 0 aliphatic carbocycles. The molecule has 26 heavy (non-hydrogen) atoms. The van der Waals surface area contributed by atoms with Crippen molar-refractivity contribution in [1.29, 1.82) is 0 Å². The number of carbonyl (C=O) groups excluding carboxylic acids is 1. The van der Waals surface area contributed by atoms with Crippen molar-refractivity contribution in [2.24, 2.45) is 0 Å². The molecule has 6 heteroatoms. The van der Waals surface area contributed by atoms with Crippen LogP contribution in [0.5, 0.6) is 0 Å². The van der Waals surface area contributed by atoms with Crippen LogP contribution in [0, 0.1) is 6.92 Å². The van der Waals surface area contributed by atoms with Crippen LogP contribution in [0.1, 0.15) is 37.8 Å². The van der Waals surface area contributed by atoms with Gasteiger partial charge in [0.15, 0.2) is 0 Å². The van der Waals surface area contributed by atoms with Crippen molar-refractivity contribution in [3.63, 3.8) is 0 Å². The first-order valence-corrected chi connectivity index (χ1v) is 10.4. The Labute approximate surface area is 156 Å². The fourth-order valence-corrected chi connectivity index (χ4v) is 3.94. The molecule has 0 aromatic heterocycles. The Hall–Kier alpha value is -2.34. The Kier molecular flexibility index (Phi) is 6.08. The molecule has 0 saturated heterocycles. The number of hydrogen-bond acceptors (Lipinski definition) is 3. The molecular weight excluding hydrogens is 348 g/mol. The van der Waals surface area contributed by atoms with Gasteiger partial charge in [0.2, 0.25) is 15.9 Å². The first kappa shape index (κ1) is 20.0. The highest BCUT2D eigenvalue weighted by Crippen LogP contribution is 2.23. The van der Waals surface area contributed by atoms with Crippen LogP contribution in [0.15, 0.2) is 48.5 Å².